The van der Waals surface area contributed by atoms with Crippen LogP contribution >= 0.6 is 0 Å². The maximum Gasteiger partial charge on any atom is 0.239 e. The molecule has 1 heterocycles. The van der Waals surface area contributed by atoms with Crippen molar-refractivity contribution in [3.63, 3.8) is 0 Å². The van der Waals surface area contributed by atoms with E-state index in [0.717, 1.165) is 6.42 Å². The molecule has 1 atom stereocenters. The number of aromatic nitrogens is 1. The van der Waals surface area contributed by atoms with Crippen molar-refractivity contribution in [1.29, 1.82) is 0 Å². The Kier molecular flexibility index (Phi) is 4.30. The minimum atomic E-state index is -0.108. The molecule has 84 valence electrons. The summed E-state index contributed by atoms with van der Waals surface area (Å²) in [6, 6.07) is 2.02. The summed E-state index contributed by atoms with van der Waals surface area (Å²) in [6.45, 7) is 6.17. The first-order valence-corrected chi connectivity index (χ1v) is 5.08. The Balaban J connectivity index is 2.30. The van der Waals surface area contributed by atoms with Crippen LogP contribution in [0.4, 0.5) is 5.82 Å². The van der Waals surface area contributed by atoms with Crippen molar-refractivity contribution in [2.75, 3.05) is 11.9 Å². The fourth-order valence-corrected chi connectivity index (χ4v) is 1.02. The molecule has 0 aromatic carbocycles. The Labute approximate surface area is 89.2 Å². The zero-order valence-electron chi connectivity index (χ0n) is 9.33. The number of carbonyl (C=O) groups excluding carboxylic acids is 1. The van der Waals surface area contributed by atoms with Crippen molar-refractivity contribution in [2.45, 2.75) is 33.2 Å². The van der Waals surface area contributed by atoms with Gasteiger partial charge >= 0.3 is 0 Å². The number of nitrogens with zero attached hydrogens (tertiary/aromatic N) is 1. The average molecular weight is 211 g/mol. The lowest BCUT2D eigenvalue weighted by atomic mass is 10.2. The molecule has 0 saturated heterocycles. The third-order valence-electron chi connectivity index (χ3n) is 2.12. The van der Waals surface area contributed by atoms with E-state index in [1.807, 2.05) is 6.92 Å². The lowest BCUT2D eigenvalue weighted by molar-refractivity contribution is -0.115. The van der Waals surface area contributed by atoms with Gasteiger partial charge in [0, 0.05) is 12.1 Å². The van der Waals surface area contributed by atoms with Crippen LogP contribution in [0.2, 0.25) is 0 Å². The number of anilines is 1. The van der Waals surface area contributed by atoms with Gasteiger partial charge in [0.15, 0.2) is 5.82 Å². The van der Waals surface area contributed by atoms with E-state index in [-0.39, 0.29) is 5.91 Å². The summed E-state index contributed by atoms with van der Waals surface area (Å²) in [4.78, 5) is 11.4. The lowest BCUT2D eigenvalue weighted by Crippen LogP contribution is -2.34. The second kappa shape index (κ2) is 5.50. The highest BCUT2D eigenvalue weighted by Crippen LogP contribution is 2.06. The minimum absolute atomic E-state index is 0.108. The predicted molar refractivity (Wildman–Crippen MR) is 57.6 cm³/mol. The maximum atomic E-state index is 11.4. The van der Waals surface area contributed by atoms with Crippen LogP contribution in [0.3, 0.4) is 0 Å². The molecule has 0 unspecified atom stereocenters. The molecule has 1 amide bonds. The van der Waals surface area contributed by atoms with Gasteiger partial charge in [0.1, 0.15) is 5.76 Å². The monoisotopic (exact) mass is 211 g/mol. The van der Waals surface area contributed by atoms with E-state index in [1.165, 1.54) is 0 Å². The molecule has 2 N–H and O–H groups in total. The minimum Gasteiger partial charge on any atom is -0.360 e. The predicted octanol–water partition coefficient (Wildman–Crippen LogP) is 1.31. The van der Waals surface area contributed by atoms with Crippen molar-refractivity contribution >= 4 is 11.7 Å². The quantitative estimate of drug-likeness (QED) is 0.770. The molecular formula is C10H17N3O2. The van der Waals surface area contributed by atoms with Crippen LogP contribution in [-0.4, -0.2) is 23.7 Å². The standard InChI is InChI=1S/C10H17N3O2/c1-4-7(2)11-6-10(14)12-9-5-8(3)15-13-9/h5,7,11H,4,6H2,1-3H3,(H,12,13,14)/t7-/m0/s1. The van der Waals surface area contributed by atoms with E-state index in [2.05, 4.69) is 22.7 Å². The zero-order valence-corrected chi connectivity index (χ0v) is 9.33. The molecule has 0 aliphatic rings. The maximum absolute atomic E-state index is 11.4. The van der Waals surface area contributed by atoms with Crippen LogP contribution in [-0.2, 0) is 4.79 Å². The first kappa shape index (κ1) is 11.7. The van der Waals surface area contributed by atoms with E-state index in [4.69, 9.17) is 4.52 Å². The third kappa shape index (κ3) is 4.12. The van der Waals surface area contributed by atoms with Crippen LogP contribution in [0, 0.1) is 6.92 Å². The Morgan fingerprint density at radius 2 is 2.40 bits per heavy atom. The van der Waals surface area contributed by atoms with Crippen molar-refractivity contribution < 1.29 is 9.32 Å². The average Bonchev–Trinajstić information content (AvgIpc) is 2.60. The Hall–Kier alpha value is -1.36. The lowest BCUT2D eigenvalue weighted by Gasteiger charge is -2.09. The number of hydrogen-bond donors (Lipinski definition) is 2. The molecule has 0 spiro atoms. The zero-order chi connectivity index (χ0) is 11.3. The first-order valence-electron chi connectivity index (χ1n) is 5.08. The molecule has 1 rings (SSSR count). The van der Waals surface area contributed by atoms with Gasteiger partial charge < -0.3 is 15.2 Å². The van der Waals surface area contributed by atoms with E-state index in [1.54, 1.807) is 13.0 Å². The molecule has 0 fully saturated rings. The number of aryl methyl sites for hydroxylation is 1. The molecule has 5 heteroatoms. The third-order valence-corrected chi connectivity index (χ3v) is 2.12. The largest absolute Gasteiger partial charge is 0.360 e. The molecule has 0 saturated carbocycles. The second-order valence-corrected chi connectivity index (χ2v) is 3.56. The summed E-state index contributed by atoms with van der Waals surface area (Å²) in [6.07, 6.45) is 0.996. The molecule has 0 aliphatic carbocycles. The van der Waals surface area contributed by atoms with Gasteiger partial charge in [0.2, 0.25) is 5.91 Å². The highest BCUT2D eigenvalue weighted by Gasteiger charge is 2.06. The van der Waals surface area contributed by atoms with Gasteiger partial charge in [-0.2, -0.15) is 0 Å². The summed E-state index contributed by atoms with van der Waals surface area (Å²) >= 11 is 0. The van der Waals surface area contributed by atoms with E-state index >= 15 is 0 Å². The highest BCUT2D eigenvalue weighted by molar-refractivity contribution is 5.91. The van der Waals surface area contributed by atoms with Crippen LogP contribution < -0.4 is 10.6 Å². The van der Waals surface area contributed by atoms with Crippen LogP contribution in [0.5, 0.6) is 0 Å². The fraction of sp³-hybridized carbons (Fsp3) is 0.600. The van der Waals surface area contributed by atoms with Gasteiger partial charge in [-0.15, -0.1) is 0 Å². The van der Waals surface area contributed by atoms with Gasteiger partial charge in [-0.25, -0.2) is 0 Å². The van der Waals surface area contributed by atoms with Gasteiger partial charge in [0.25, 0.3) is 0 Å². The van der Waals surface area contributed by atoms with Crippen LogP contribution in [0.1, 0.15) is 26.0 Å². The number of amides is 1. The molecule has 1 aromatic heterocycles. The normalized spacial score (nSPS) is 12.5. The highest BCUT2D eigenvalue weighted by atomic mass is 16.5. The first-order chi connectivity index (χ1) is 7.11. The molecule has 0 bridgehead atoms. The molecule has 15 heavy (non-hydrogen) atoms. The second-order valence-electron chi connectivity index (χ2n) is 3.56. The number of carbonyl (C=O) groups is 1. The topological polar surface area (TPSA) is 67.2 Å². The smallest absolute Gasteiger partial charge is 0.239 e. The molecule has 0 aliphatic heterocycles. The molecule has 1 aromatic rings. The van der Waals surface area contributed by atoms with Crippen LogP contribution in [0.25, 0.3) is 0 Å². The SMILES string of the molecule is CC[C@H](C)NCC(=O)Nc1cc(C)on1. The van der Waals surface area contributed by atoms with Crippen LogP contribution in [0.15, 0.2) is 10.6 Å². The van der Waals surface area contributed by atoms with Gasteiger partial charge in [-0.3, -0.25) is 4.79 Å². The summed E-state index contributed by atoms with van der Waals surface area (Å²) in [5.41, 5.74) is 0. The van der Waals surface area contributed by atoms with Gasteiger partial charge in [-0.05, 0) is 20.3 Å². The fourth-order valence-electron chi connectivity index (χ4n) is 1.02. The Morgan fingerprint density at radius 1 is 1.67 bits per heavy atom. The van der Waals surface area contributed by atoms with E-state index < -0.39 is 0 Å². The van der Waals surface area contributed by atoms with Gasteiger partial charge in [-0.1, -0.05) is 12.1 Å². The molecule has 0 radical (unpaired) electrons. The number of nitrogens with one attached hydrogen (secondary N) is 2. The van der Waals surface area contributed by atoms with E-state index in [9.17, 15) is 4.79 Å². The number of hydrogen-bond acceptors (Lipinski definition) is 4. The summed E-state index contributed by atoms with van der Waals surface area (Å²) in [5.74, 6) is 1.03. The van der Waals surface area contributed by atoms with Crippen molar-refractivity contribution in [3.8, 4) is 0 Å². The summed E-state index contributed by atoms with van der Waals surface area (Å²) in [7, 11) is 0. The molecular weight excluding hydrogens is 194 g/mol. The van der Waals surface area contributed by atoms with E-state index in [0.29, 0.717) is 24.2 Å². The van der Waals surface area contributed by atoms with Crippen molar-refractivity contribution in [1.82, 2.24) is 10.5 Å². The summed E-state index contributed by atoms with van der Waals surface area (Å²) in [5, 5.41) is 9.39. The van der Waals surface area contributed by atoms with Crippen molar-refractivity contribution in [3.05, 3.63) is 11.8 Å². The van der Waals surface area contributed by atoms with Gasteiger partial charge in [0.05, 0.1) is 6.54 Å². The number of rotatable bonds is 5. The summed E-state index contributed by atoms with van der Waals surface area (Å²) < 4.78 is 4.83. The Bertz CT molecular complexity index is 322. The van der Waals surface area contributed by atoms with Crippen molar-refractivity contribution in [2.24, 2.45) is 0 Å². The Morgan fingerprint density at radius 3 is 2.93 bits per heavy atom. The molecule has 5 nitrogen and oxygen atoms in total.